The molecule has 182 valence electrons. The van der Waals surface area contributed by atoms with E-state index < -0.39 is 23.0 Å². The normalized spacial score (nSPS) is 12.0. The van der Waals surface area contributed by atoms with Crippen molar-refractivity contribution in [2.24, 2.45) is 0 Å². The Labute approximate surface area is 200 Å². The van der Waals surface area contributed by atoms with Crippen molar-refractivity contribution in [1.29, 1.82) is 0 Å². The molecule has 0 aliphatic rings. The molecule has 0 bridgehead atoms. The lowest BCUT2D eigenvalue weighted by atomic mass is 9.88. The van der Waals surface area contributed by atoms with Gasteiger partial charge in [-0.25, -0.2) is 4.98 Å². The van der Waals surface area contributed by atoms with E-state index in [9.17, 15) is 19.5 Å². The second kappa shape index (κ2) is 9.88. The number of hydrogen-bond donors (Lipinski definition) is 3. The van der Waals surface area contributed by atoms with Crippen molar-refractivity contribution in [1.82, 2.24) is 19.5 Å². The molecule has 3 aromatic heterocycles. The lowest BCUT2D eigenvalue weighted by Crippen LogP contribution is -2.31. The van der Waals surface area contributed by atoms with Crippen LogP contribution in [-0.2, 0) is 22.5 Å². The summed E-state index contributed by atoms with van der Waals surface area (Å²) in [5.41, 5.74) is 1.12. The number of carbonyl (C=O) groups is 1. The molecule has 0 unspecified atom stereocenters. The SMILES string of the molecule is COC(=O)C[C@H](c1cc2cc(OC)ccc2[nH]c1=O)c1c(O)cc(C)n(CCc2cnc[nH]2)c1=O. The fraction of sp³-hybridized carbons (Fsp3) is 0.280. The van der Waals surface area contributed by atoms with Gasteiger partial charge in [0.1, 0.15) is 11.5 Å². The van der Waals surface area contributed by atoms with Gasteiger partial charge in [0.25, 0.3) is 11.1 Å². The largest absolute Gasteiger partial charge is 0.507 e. The monoisotopic (exact) mass is 478 g/mol. The highest BCUT2D eigenvalue weighted by Crippen LogP contribution is 2.32. The molecule has 0 aliphatic heterocycles. The van der Waals surface area contributed by atoms with Gasteiger partial charge in [0.15, 0.2) is 0 Å². The second-order valence-electron chi connectivity index (χ2n) is 8.21. The Hall–Kier alpha value is -4.34. The highest BCUT2D eigenvalue weighted by atomic mass is 16.5. The number of ether oxygens (including phenoxy) is 2. The molecular formula is C25H26N4O6. The third-order valence-corrected chi connectivity index (χ3v) is 6.08. The van der Waals surface area contributed by atoms with Gasteiger partial charge in [-0.15, -0.1) is 0 Å². The number of aromatic hydroxyl groups is 1. The van der Waals surface area contributed by atoms with Crippen molar-refractivity contribution in [3.8, 4) is 11.5 Å². The number of pyridine rings is 2. The van der Waals surface area contributed by atoms with Gasteiger partial charge in [-0.1, -0.05) is 0 Å². The van der Waals surface area contributed by atoms with Gasteiger partial charge in [-0.2, -0.15) is 0 Å². The number of fused-ring (bicyclic) bond motifs is 1. The van der Waals surface area contributed by atoms with Gasteiger partial charge in [0, 0.05) is 52.9 Å². The van der Waals surface area contributed by atoms with Crippen molar-refractivity contribution in [3.05, 3.63) is 86.1 Å². The Morgan fingerprint density at radius 2 is 2.00 bits per heavy atom. The fourth-order valence-corrected chi connectivity index (χ4v) is 4.23. The van der Waals surface area contributed by atoms with E-state index in [1.165, 1.54) is 24.9 Å². The molecule has 0 saturated carbocycles. The Bertz CT molecular complexity index is 1490. The number of rotatable bonds is 8. The molecule has 0 spiro atoms. The molecule has 0 fully saturated rings. The zero-order valence-corrected chi connectivity index (χ0v) is 19.6. The molecular weight excluding hydrogens is 452 g/mol. The Morgan fingerprint density at radius 1 is 1.20 bits per heavy atom. The number of methoxy groups -OCH3 is 2. The maximum absolute atomic E-state index is 13.6. The van der Waals surface area contributed by atoms with Gasteiger partial charge in [-0.3, -0.25) is 14.4 Å². The third-order valence-electron chi connectivity index (χ3n) is 6.08. The quantitative estimate of drug-likeness (QED) is 0.330. The molecule has 4 rings (SSSR count). The summed E-state index contributed by atoms with van der Waals surface area (Å²) in [5.74, 6) is -1.36. The molecule has 0 radical (unpaired) electrons. The minimum atomic E-state index is -1.03. The Kier molecular flexibility index (Phi) is 6.72. The van der Waals surface area contributed by atoms with Crippen molar-refractivity contribution in [2.45, 2.75) is 32.2 Å². The highest BCUT2D eigenvalue weighted by molar-refractivity contribution is 5.81. The molecule has 1 aromatic carbocycles. The predicted octanol–water partition coefficient (Wildman–Crippen LogP) is 2.37. The number of aromatic amines is 2. The molecule has 10 nitrogen and oxygen atoms in total. The van der Waals surface area contributed by atoms with Crippen LogP contribution in [0.4, 0.5) is 0 Å². The number of nitrogens with zero attached hydrogens (tertiary/aromatic N) is 2. The van der Waals surface area contributed by atoms with Crippen molar-refractivity contribution in [2.75, 3.05) is 14.2 Å². The third kappa shape index (κ3) is 4.81. The standard InChI is InChI=1S/C25H26N4O6/c1-14-8-21(30)23(25(33)29(14)7-6-16-12-26-13-27-16)18(11-22(31)35-3)19-10-15-9-17(34-2)4-5-20(15)28-24(19)32/h4-5,8-10,12-13,18,30H,6-7,11H2,1-3H3,(H,26,27)(H,28,32)/t18-/m1/s1. The van der Waals surface area contributed by atoms with E-state index in [0.29, 0.717) is 35.3 Å². The van der Waals surface area contributed by atoms with Gasteiger partial charge < -0.3 is 29.1 Å². The van der Waals surface area contributed by atoms with E-state index in [4.69, 9.17) is 9.47 Å². The van der Waals surface area contributed by atoms with Crippen LogP contribution in [0.2, 0.25) is 0 Å². The average molecular weight is 479 g/mol. The van der Waals surface area contributed by atoms with Crippen LogP contribution in [0, 0.1) is 6.92 Å². The number of aromatic nitrogens is 4. The first-order chi connectivity index (χ1) is 16.8. The van der Waals surface area contributed by atoms with Crippen LogP contribution in [0.15, 0.2) is 52.4 Å². The minimum absolute atomic E-state index is 0.0432. The first-order valence-electron chi connectivity index (χ1n) is 11.0. The van der Waals surface area contributed by atoms with Crippen molar-refractivity contribution in [3.63, 3.8) is 0 Å². The van der Waals surface area contributed by atoms with Gasteiger partial charge in [0.05, 0.1) is 32.5 Å². The predicted molar refractivity (Wildman–Crippen MR) is 129 cm³/mol. The van der Waals surface area contributed by atoms with Gasteiger partial charge in [0.2, 0.25) is 0 Å². The zero-order chi connectivity index (χ0) is 25.1. The summed E-state index contributed by atoms with van der Waals surface area (Å²) in [6, 6.07) is 8.24. The molecule has 0 saturated heterocycles. The summed E-state index contributed by atoms with van der Waals surface area (Å²) < 4.78 is 11.6. The molecule has 3 heterocycles. The fourth-order valence-electron chi connectivity index (χ4n) is 4.23. The molecule has 1 atom stereocenters. The van der Waals surface area contributed by atoms with Gasteiger partial charge >= 0.3 is 5.97 Å². The maximum Gasteiger partial charge on any atom is 0.306 e. The van der Waals surface area contributed by atoms with E-state index in [1.54, 1.807) is 43.7 Å². The van der Waals surface area contributed by atoms with Crippen LogP contribution < -0.4 is 15.9 Å². The average Bonchev–Trinajstić information content (AvgIpc) is 3.36. The molecule has 3 N–H and O–H groups in total. The molecule has 10 heteroatoms. The second-order valence-corrected chi connectivity index (χ2v) is 8.21. The Morgan fingerprint density at radius 3 is 2.69 bits per heavy atom. The number of nitrogens with one attached hydrogen (secondary N) is 2. The minimum Gasteiger partial charge on any atom is -0.507 e. The van der Waals surface area contributed by atoms with Crippen LogP contribution in [0.1, 0.15) is 34.9 Å². The number of aryl methyl sites for hydroxylation is 2. The summed E-state index contributed by atoms with van der Waals surface area (Å²) >= 11 is 0. The summed E-state index contributed by atoms with van der Waals surface area (Å²) in [7, 11) is 2.76. The van der Waals surface area contributed by atoms with Crippen molar-refractivity contribution >= 4 is 16.9 Å². The van der Waals surface area contributed by atoms with Gasteiger partial charge in [-0.05, 0) is 37.3 Å². The first-order valence-corrected chi connectivity index (χ1v) is 11.0. The van der Waals surface area contributed by atoms with Crippen LogP contribution in [-0.4, -0.2) is 44.8 Å². The number of H-pyrrole nitrogens is 2. The van der Waals surface area contributed by atoms with Crippen LogP contribution in [0.25, 0.3) is 10.9 Å². The van der Waals surface area contributed by atoms with E-state index in [-0.39, 0.29) is 23.3 Å². The topological polar surface area (TPSA) is 139 Å². The summed E-state index contributed by atoms with van der Waals surface area (Å²) in [5, 5.41) is 11.5. The Balaban J connectivity index is 1.88. The summed E-state index contributed by atoms with van der Waals surface area (Å²) in [6.45, 7) is 2.03. The van der Waals surface area contributed by atoms with E-state index in [1.807, 2.05) is 0 Å². The molecule has 35 heavy (non-hydrogen) atoms. The van der Waals surface area contributed by atoms with Crippen LogP contribution >= 0.6 is 0 Å². The lowest BCUT2D eigenvalue weighted by molar-refractivity contribution is -0.140. The number of imidazole rings is 1. The van der Waals surface area contributed by atoms with E-state index in [2.05, 4.69) is 15.0 Å². The number of carbonyl (C=O) groups excluding carboxylic acids is 1. The first kappa shape index (κ1) is 23.8. The summed E-state index contributed by atoms with van der Waals surface area (Å²) in [6.07, 6.45) is 3.43. The molecule has 0 amide bonds. The van der Waals surface area contributed by atoms with E-state index >= 15 is 0 Å². The lowest BCUT2D eigenvalue weighted by Gasteiger charge is -2.20. The number of benzene rings is 1. The van der Waals surface area contributed by atoms with E-state index in [0.717, 1.165) is 5.69 Å². The smallest absolute Gasteiger partial charge is 0.306 e. The zero-order valence-electron chi connectivity index (χ0n) is 19.6. The highest BCUT2D eigenvalue weighted by Gasteiger charge is 2.29. The maximum atomic E-state index is 13.6. The number of esters is 1. The van der Waals surface area contributed by atoms with Crippen LogP contribution in [0.5, 0.6) is 11.5 Å². The van der Waals surface area contributed by atoms with Crippen molar-refractivity contribution < 1.29 is 19.4 Å². The molecule has 4 aromatic rings. The number of hydrogen-bond acceptors (Lipinski definition) is 7. The summed E-state index contributed by atoms with van der Waals surface area (Å²) in [4.78, 5) is 48.8. The van der Waals surface area contributed by atoms with Crippen LogP contribution in [0.3, 0.4) is 0 Å². The molecule has 0 aliphatic carbocycles.